The molecule has 4 heteroatoms. The average molecular weight is 247 g/mol. The first-order valence-electron chi connectivity index (χ1n) is 5.87. The van der Waals surface area contributed by atoms with E-state index < -0.39 is 5.97 Å². The van der Waals surface area contributed by atoms with E-state index in [1.807, 2.05) is 37.6 Å². The van der Waals surface area contributed by atoms with Crippen molar-refractivity contribution in [1.82, 2.24) is 4.57 Å². The van der Waals surface area contributed by atoms with Gasteiger partial charge in [-0.15, -0.1) is 0 Å². The Labute approximate surface area is 106 Å². The summed E-state index contributed by atoms with van der Waals surface area (Å²) < 4.78 is 7.11. The Hall–Kier alpha value is -1.97. The number of hydrogen-bond donors (Lipinski definition) is 1. The van der Waals surface area contributed by atoms with E-state index in [4.69, 9.17) is 4.74 Å². The Morgan fingerprint density at radius 2 is 2.06 bits per heavy atom. The Morgan fingerprint density at radius 1 is 1.39 bits per heavy atom. The zero-order valence-electron chi connectivity index (χ0n) is 11.0. The minimum atomic E-state index is -0.891. The van der Waals surface area contributed by atoms with Crippen molar-refractivity contribution in [2.45, 2.75) is 19.8 Å². The van der Waals surface area contributed by atoms with Crippen molar-refractivity contribution in [2.75, 3.05) is 7.11 Å². The normalized spacial score (nSPS) is 11.2. The Bertz CT molecular complexity index is 611. The number of rotatable bonds is 3. The van der Waals surface area contributed by atoms with Gasteiger partial charge in [0, 0.05) is 23.6 Å². The molecule has 0 aliphatic heterocycles. The molecule has 1 heterocycles. The highest BCUT2D eigenvalue weighted by molar-refractivity contribution is 6.05. The maximum Gasteiger partial charge on any atom is 0.338 e. The number of aromatic nitrogens is 1. The summed E-state index contributed by atoms with van der Waals surface area (Å²) in [6, 6.07) is 5.52. The zero-order valence-corrected chi connectivity index (χ0v) is 11.0. The van der Waals surface area contributed by atoms with Crippen molar-refractivity contribution in [1.29, 1.82) is 0 Å². The van der Waals surface area contributed by atoms with E-state index >= 15 is 0 Å². The lowest BCUT2D eigenvalue weighted by atomic mass is 10.0. The molecule has 0 spiro atoms. The summed E-state index contributed by atoms with van der Waals surface area (Å²) in [6.07, 6.45) is 0. The van der Waals surface area contributed by atoms with Crippen LogP contribution in [0.25, 0.3) is 10.9 Å². The molecule has 0 aliphatic carbocycles. The maximum absolute atomic E-state index is 11.5. The molecule has 0 radical (unpaired) electrons. The lowest BCUT2D eigenvalue weighted by molar-refractivity contribution is 0.0697. The maximum atomic E-state index is 11.5. The van der Waals surface area contributed by atoms with Crippen molar-refractivity contribution in [2.24, 2.45) is 7.05 Å². The molecule has 2 aromatic rings. The number of aryl methyl sites for hydroxylation is 1. The molecule has 0 saturated heterocycles. The van der Waals surface area contributed by atoms with Gasteiger partial charge in [0.1, 0.15) is 5.75 Å². The molecule has 0 saturated carbocycles. The number of ether oxygens (including phenoxy) is 1. The number of carboxylic acid groups (broad SMARTS) is 1. The minimum Gasteiger partial charge on any atom is -0.497 e. The molecule has 0 bridgehead atoms. The Morgan fingerprint density at radius 3 is 2.56 bits per heavy atom. The molecule has 1 N–H and O–H groups in total. The van der Waals surface area contributed by atoms with Crippen LogP contribution >= 0.6 is 0 Å². The first-order chi connectivity index (χ1) is 8.47. The van der Waals surface area contributed by atoms with Crippen molar-refractivity contribution in [3.63, 3.8) is 0 Å². The van der Waals surface area contributed by atoms with Crippen LogP contribution in [-0.4, -0.2) is 22.8 Å². The number of benzene rings is 1. The number of aromatic carboxylic acids is 1. The Balaban J connectivity index is 2.88. The summed E-state index contributed by atoms with van der Waals surface area (Å²) in [6.45, 7) is 4.00. The second-order valence-electron chi connectivity index (χ2n) is 4.66. The summed E-state index contributed by atoms with van der Waals surface area (Å²) >= 11 is 0. The highest BCUT2D eigenvalue weighted by atomic mass is 16.5. The van der Waals surface area contributed by atoms with Gasteiger partial charge in [0.25, 0.3) is 0 Å². The molecule has 2 rings (SSSR count). The topological polar surface area (TPSA) is 51.5 Å². The Kier molecular flexibility index (Phi) is 3.03. The van der Waals surface area contributed by atoms with Crippen LogP contribution in [0, 0.1) is 0 Å². The lowest BCUT2D eigenvalue weighted by Gasteiger charge is -2.08. The fourth-order valence-electron chi connectivity index (χ4n) is 2.47. The monoisotopic (exact) mass is 247 g/mol. The van der Waals surface area contributed by atoms with Gasteiger partial charge < -0.3 is 14.4 Å². The highest BCUT2D eigenvalue weighted by Gasteiger charge is 2.22. The lowest BCUT2D eigenvalue weighted by Crippen LogP contribution is -2.05. The number of carbonyl (C=O) groups is 1. The average Bonchev–Trinajstić information content (AvgIpc) is 2.62. The summed E-state index contributed by atoms with van der Waals surface area (Å²) in [5.74, 6) is -0.0667. The van der Waals surface area contributed by atoms with E-state index in [1.165, 1.54) is 0 Å². The number of fused-ring (bicyclic) bond motifs is 1. The molecule has 1 aromatic heterocycles. The third-order valence-electron chi connectivity index (χ3n) is 3.21. The number of methoxy groups -OCH3 is 1. The van der Waals surface area contributed by atoms with Crippen LogP contribution in [0.4, 0.5) is 0 Å². The van der Waals surface area contributed by atoms with Gasteiger partial charge in [-0.3, -0.25) is 0 Å². The van der Waals surface area contributed by atoms with Crippen molar-refractivity contribution >= 4 is 16.9 Å². The summed E-state index contributed by atoms with van der Waals surface area (Å²) in [5.41, 5.74) is 2.13. The molecule has 96 valence electrons. The third kappa shape index (κ3) is 1.74. The smallest absolute Gasteiger partial charge is 0.338 e. The number of nitrogens with zero attached hydrogens (tertiary/aromatic N) is 1. The molecule has 0 unspecified atom stereocenters. The fraction of sp³-hybridized carbons (Fsp3) is 0.357. The second-order valence-corrected chi connectivity index (χ2v) is 4.66. The van der Waals surface area contributed by atoms with Gasteiger partial charge in [0.05, 0.1) is 12.7 Å². The van der Waals surface area contributed by atoms with Gasteiger partial charge in [0.15, 0.2) is 0 Å². The van der Waals surface area contributed by atoms with Crippen molar-refractivity contribution in [3.05, 3.63) is 29.5 Å². The zero-order chi connectivity index (χ0) is 13.4. The van der Waals surface area contributed by atoms with E-state index in [1.54, 1.807) is 13.2 Å². The largest absolute Gasteiger partial charge is 0.497 e. The van der Waals surface area contributed by atoms with Crippen LogP contribution in [0.15, 0.2) is 18.2 Å². The van der Waals surface area contributed by atoms with Crippen LogP contribution in [0.2, 0.25) is 0 Å². The SMILES string of the molecule is COc1ccc2c(c1)c(C(=O)O)c(C(C)C)n2C. The molecular formula is C14H17NO3. The highest BCUT2D eigenvalue weighted by Crippen LogP contribution is 2.32. The van der Waals surface area contributed by atoms with Crippen LogP contribution in [0.5, 0.6) is 5.75 Å². The van der Waals surface area contributed by atoms with Crippen LogP contribution in [-0.2, 0) is 7.05 Å². The molecule has 1 aromatic carbocycles. The molecule has 4 nitrogen and oxygen atoms in total. The van der Waals surface area contributed by atoms with E-state index in [9.17, 15) is 9.90 Å². The molecule has 0 amide bonds. The second kappa shape index (κ2) is 4.37. The standard InChI is InChI=1S/C14H17NO3/c1-8(2)13-12(14(16)17)10-7-9(18-4)5-6-11(10)15(13)3/h5-8H,1-4H3,(H,16,17). The molecule has 0 fully saturated rings. The molecule has 0 atom stereocenters. The first kappa shape index (κ1) is 12.5. The van der Waals surface area contributed by atoms with Crippen LogP contribution < -0.4 is 4.74 Å². The molecular weight excluding hydrogens is 230 g/mol. The van der Waals surface area contributed by atoms with Gasteiger partial charge in [-0.1, -0.05) is 13.8 Å². The van der Waals surface area contributed by atoms with Gasteiger partial charge in [-0.25, -0.2) is 4.79 Å². The van der Waals surface area contributed by atoms with E-state index in [2.05, 4.69) is 0 Å². The minimum absolute atomic E-state index is 0.152. The van der Waals surface area contributed by atoms with Crippen LogP contribution in [0.1, 0.15) is 35.8 Å². The third-order valence-corrected chi connectivity index (χ3v) is 3.21. The predicted molar refractivity (Wildman–Crippen MR) is 70.5 cm³/mol. The van der Waals surface area contributed by atoms with Gasteiger partial charge >= 0.3 is 5.97 Å². The summed E-state index contributed by atoms with van der Waals surface area (Å²) in [5, 5.41) is 10.2. The van der Waals surface area contributed by atoms with Crippen molar-refractivity contribution in [3.8, 4) is 5.75 Å². The van der Waals surface area contributed by atoms with Crippen LogP contribution in [0.3, 0.4) is 0 Å². The molecule has 0 aliphatic rings. The quantitative estimate of drug-likeness (QED) is 0.907. The number of carboxylic acids is 1. The summed E-state index contributed by atoms with van der Waals surface area (Å²) in [7, 11) is 3.48. The predicted octanol–water partition coefficient (Wildman–Crippen LogP) is 3.01. The first-order valence-corrected chi connectivity index (χ1v) is 5.87. The van der Waals surface area contributed by atoms with Gasteiger partial charge in [-0.2, -0.15) is 0 Å². The fourth-order valence-corrected chi connectivity index (χ4v) is 2.47. The van der Waals surface area contributed by atoms with Crippen molar-refractivity contribution < 1.29 is 14.6 Å². The van der Waals surface area contributed by atoms with E-state index in [0.717, 1.165) is 16.6 Å². The summed E-state index contributed by atoms with van der Waals surface area (Å²) in [4.78, 5) is 11.5. The van der Waals surface area contributed by atoms with Gasteiger partial charge in [-0.05, 0) is 24.1 Å². The van der Waals surface area contributed by atoms with E-state index in [0.29, 0.717) is 11.3 Å². The molecule has 18 heavy (non-hydrogen) atoms. The van der Waals surface area contributed by atoms with E-state index in [-0.39, 0.29) is 5.92 Å². The van der Waals surface area contributed by atoms with Gasteiger partial charge in [0.2, 0.25) is 0 Å². The number of hydrogen-bond acceptors (Lipinski definition) is 2.